The fourth-order valence-electron chi connectivity index (χ4n) is 1.22. The summed E-state index contributed by atoms with van der Waals surface area (Å²) in [6, 6.07) is 5.29. The van der Waals surface area contributed by atoms with Crippen molar-refractivity contribution in [2.75, 3.05) is 0 Å². The van der Waals surface area contributed by atoms with E-state index in [1.807, 2.05) is 12.1 Å². The zero-order valence-corrected chi connectivity index (χ0v) is 7.88. The van der Waals surface area contributed by atoms with Crippen LogP contribution in [0.3, 0.4) is 0 Å². The van der Waals surface area contributed by atoms with E-state index in [9.17, 15) is 4.79 Å². The van der Waals surface area contributed by atoms with Gasteiger partial charge in [-0.25, -0.2) is 0 Å². The van der Waals surface area contributed by atoms with Gasteiger partial charge in [0.05, 0.1) is 5.69 Å². The Bertz CT molecular complexity index is 465. The van der Waals surface area contributed by atoms with Crippen molar-refractivity contribution in [3.63, 3.8) is 0 Å². The molecule has 0 aliphatic heterocycles. The predicted octanol–water partition coefficient (Wildman–Crippen LogP) is 0.759. The molecule has 5 nitrogen and oxygen atoms in total. The Kier molecular flexibility index (Phi) is 2.45. The summed E-state index contributed by atoms with van der Waals surface area (Å²) in [5, 5.41) is 3.74. The van der Waals surface area contributed by atoms with E-state index in [1.54, 1.807) is 18.5 Å². The molecule has 2 heterocycles. The minimum absolute atomic E-state index is 0.0825. The second kappa shape index (κ2) is 3.91. The summed E-state index contributed by atoms with van der Waals surface area (Å²) >= 11 is 0. The molecular formula is C10H9N3O2. The van der Waals surface area contributed by atoms with Gasteiger partial charge in [0.1, 0.15) is 0 Å². The van der Waals surface area contributed by atoms with Crippen LogP contribution >= 0.6 is 0 Å². The topological polar surface area (TPSA) is 82.0 Å². The second-order valence-corrected chi connectivity index (χ2v) is 3.08. The van der Waals surface area contributed by atoms with Gasteiger partial charge in [-0.3, -0.25) is 9.78 Å². The van der Waals surface area contributed by atoms with Gasteiger partial charge in [0.2, 0.25) is 5.76 Å². The average Bonchev–Trinajstić information content (AvgIpc) is 2.68. The minimum Gasteiger partial charge on any atom is -0.363 e. The van der Waals surface area contributed by atoms with Crippen LogP contribution in [0.2, 0.25) is 0 Å². The molecule has 0 aliphatic carbocycles. The first-order valence-electron chi connectivity index (χ1n) is 4.40. The van der Waals surface area contributed by atoms with Crippen molar-refractivity contribution in [3.05, 3.63) is 47.6 Å². The van der Waals surface area contributed by atoms with Crippen molar-refractivity contribution in [2.45, 2.75) is 6.42 Å². The molecular weight excluding hydrogens is 194 g/mol. The Morgan fingerprint density at radius 1 is 1.40 bits per heavy atom. The standard InChI is InChI=1S/C10H9N3O2/c11-10(14)9-6-8(13-15-9)5-7-1-3-12-4-2-7/h1-4,6H,5H2,(H2,11,14). The second-order valence-electron chi connectivity index (χ2n) is 3.08. The Morgan fingerprint density at radius 3 is 2.73 bits per heavy atom. The molecule has 2 aromatic rings. The van der Waals surface area contributed by atoms with E-state index < -0.39 is 5.91 Å². The van der Waals surface area contributed by atoms with Crippen LogP contribution in [0, 0.1) is 0 Å². The number of pyridine rings is 1. The number of aromatic nitrogens is 2. The average molecular weight is 203 g/mol. The number of nitrogens with two attached hydrogens (primary N) is 1. The van der Waals surface area contributed by atoms with E-state index in [-0.39, 0.29) is 5.76 Å². The third-order valence-corrected chi connectivity index (χ3v) is 1.94. The molecule has 15 heavy (non-hydrogen) atoms. The Morgan fingerprint density at radius 2 is 2.13 bits per heavy atom. The SMILES string of the molecule is NC(=O)c1cc(Cc2ccncc2)no1. The molecule has 76 valence electrons. The molecule has 0 fully saturated rings. The van der Waals surface area contributed by atoms with Crippen LogP contribution in [0.15, 0.2) is 35.1 Å². The highest BCUT2D eigenvalue weighted by Crippen LogP contribution is 2.08. The van der Waals surface area contributed by atoms with E-state index in [0.717, 1.165) is 5.56 Å². The number of carbonyl (C=O) groups excluding carboxylic acids is 1. The zero-order chi connectivity index (χ0) is 10.7. The monoisotopic (exact) mass is 203 g/mol. The van der Waals surface area contributed by atoms with E-state index in [0.29, 0.717) is 12.1 Å². The lowest BCUT2D eigenvalue weighted by atomic mass is 10.1. The highest BCUT2D eigenvalue weighted by molar-refractivity contribution is 5.89. The lowest BCUT2D eigenvalue weighted by Gasteiger charge is -1.94. The molecule has 0 aliphatic rings. The van der Waals surface area contributed by atoms with Gasteiger partial charge in [-0.15, -0.1) is 0 Å². The minimum atomic E-state index is -0.608. The molecule has 5 heteroatoms. The molecule has 1 amide bonds. The molecule has 0 radical (unpaired) electrons. The highest BCUT2D eigenvalue weighted by Gasteiger charge is 2.09. The largest absolute Gasteiger partial charge is 0.363 e. The highest BCUT2D eigenvalue weighted by atomic mass is 16.5. The van der Waals surface area contributed by atoms with Crippen molar-refractivity contribution >= 4 is 5.91 Å². The van der Waals surface area contributed by atoms with Gasteiger partial charge in [-0.2, -0.15) is 0 Å². The van der Waals surface area contributed by atoms with E-state index in [4.69, 9.17) is 10.3 Å². The summed E-state index contributed by atoms with van der Waals surface area (Å²) in [6.07, 6.45) is 3.99. The maximum absolute atomic E-state index is 10.7. The molecule has 0 atom stereocenters. The molecule has 0 saturated carbocycles. The maximum atomic E-state index is 10.7. The number of primary amides is 1. The number of nitrogens with zero attached hydrogens (tertiary/aromatic N) is 2. The molecule has 0 unspecified atom stereocenters. The molecule has 2 rings (SSSR count). The van der Waals surface area contributed by atoms with Crippen molar-refractivity contribution in [3.8, 4) is 0 Å². The third kappa shape index (κ3) is 2.19. The van der Waals surface area contributed by atoms with Crippen molar-refractivity contribution in [2.24, 2.45) is 5.73 Å². The fraction of sp³-hybridized carbons (Fsp3) is 0.100. The predicted molar refractivity (Wildman–Crippen MR) is 52.1 cm³/mol. The first-order chi connectivity index (χ1) is 7.25. The number of rotatable bonds is 3. The van der Waals surface area contributed by atoms with E-state index in [1.165, 1.54) is 0 Å². The van der Waals surface area contributed by atoms with Gasteiger partial charge in [-0.05, 0) is 17.7 Å². The van der Waals surface area contributed by atoms with Crippen LogP contribution in [-0.4, -0.2) is 16.0 Å². The normalized spacial score (nSPS) is 10.1. The molecule has 0 bridgehead atoms. The Hall–Kier alpha value is -2.17. The van der Waals surface area contributed by atoms with Crippen molar-refractivity contribution in [1.82, 2.24) is 10.1 Å². The summed E-state index contributed by atoms with van der Waals surface area (Å²) in [7, 11) is 0. The van der Waals surface area contributed by atoms with E-state index >= 15 is 0 Å². The molecule has 0 aromatic carbocycles. The first kappa shape index (κ1) is 9.39. The lowest BCUT2D eigenvalue weighted by molar-refractivity contribution is 0.0965. The molecule has 2 N–H and O–H groups in total. The van der Waals surface area contributed by atoms with Gasteiger partial charge in [-0.1, -0.05) is 5.16 Å². The summed E-state index contributed by atoms with van der Waals surface area (Å²) in [5.74, 6) is -0.525. The number of amides is 1. The molecule has 0 saturated heterocycles. The molecule has 0 spiro atoms. The number of hydrogen-bond donors (Lipinski definition) is 1. The number of carbonyl (C=O) groups is 1. The van der Waals surface area contributed by atoms with Gasteiger partial charge >= 0.3 is 0 Å². The van der Waals surface area contributed by atoms with Crippen LogP contribution in [0.4, 0.5) is 0 Å². The van der Waals surface area contributed by atoms with Gasteiger partial charge in [0.25, 0.3) is 5.91 Å². The van der Waals surface area contributed by atoms with Crippen LogP contribution in [-0.2, 0) is 6.42 Å². The smallest absolute Gasteiger partial charge is 0.287 e. The fourth-order valence-corrected chi connectivity index (χ4v) is 1.22. The van der Waals surface area contributed by atoms with Gasteiger partial charge in [0.15, 0.2) is 0 Å². The Labute approximate surface area is 85.9 Å². The van der Waals surface area contributed by atoms with Crippen molar-refractivity contribution in [1.29, 1.82) is 0 Å². The zero-order valence-electron chi connectivity index (χ0n) is 7.88. The van der Waals surface area contributed by atoms with Crippen molar-refractivity contribution < 1.29 is 9.32 Å². The maximum Gasteiger partial charge on any atom is 0.287 e. The quantitative estimate of drug-likeness (QED) is 0.798. The van der Waals surface area contributed by atoms with Crippen LogP contribution in [0.1, 0.15) is 21.8 Å². The van der Waals surface area contributed by atoms with Crippen LogP contribution < -0.4 is 5.73 Å². The summed E-state index contributed by atoms with van der Waals surface area (Å²) in [4.78, 5) is 14.6. The summed E-state index contributed by atoms with van der Waals surface area (Å²) in [5.41, 5.74) is 6.76. The summed E-state index contributed by atoms with van der Waals surface area (Å²) < 4.78 is 4.76. The first-order valence-corrected chi connectivity index (χ1v) is 4.40. The third-order valence-electron chi connectivity index (χ3n) is 1.94. The number of hydrogen-bond acceptors (Lipinski definition) is 4. The van der Waals surface area contributed by atoms with E-state index in [2.05, 4.69) is 10.1 Å². The Balaban J connectivity index is 2.15. The van der Waals surface area contributed by atoms with Gasteiger partial charge < -0.3 is 10.3 Å². The molecule has 2 aromatic heterocycles. The lowest BCUT2D eigenvalue weighted by Crippen LogP contribution is -2.09. The van der Waals surface area contributed by atoms with Gasteiger partial charge in [0, 0.05) is 24.9 Å². The van der Waals surface area contributed by atoms with Crippen LogP contribution in [0.5, 0.6) is 0 Å². The summed E-state index contributed by atoms with van der Waals surface area (Å²) in [6.45, 7) is 0. The van der Waals surface area contributed by atoms with Crippen LogP contribution in [0.25, 0.3) is 0 Å².